The van der Waals surface area contributed by atoms with E-state index in [-0.39, 0.29) is 0 Å². The summed E-state index contributed by atoms with van der Waals surface area (Å²) in [4.78, 5) is 8.52. The van der Waals surface area contributed by atoms with Crippen molar-refractivity contribution >= 4 is 22.1 Å². The average molecular weight is 306 g/mol. The van der Waals surface area contributed by atoms with Crippen molar-refractivity contribution in [1.29, 1.82) is 0 Å². The number of fused-ring (bicyclic) bond motifs is 1. The van der Waals surface area contributed by atoms with Crippen LogP contribution >= 0.6 is 11.3 Å². The van der Waals surface area contributed by atoms with Crippen LogP contribution in [0.4, 0.5) is 5.82 Å². The molecular formula is C16H26N4S. The SMILES string of the molecule is CCCNCc1c(N2CCC(CCC)C2)nc2sccn12. The van der Waals surface area contributed by atoms with E-state index in [4.69, 9.17) is 4.98 Å². The largest absolute Gasteiger partial charge is 0.355 e. The van der Waals surface area contributed by atoms with E-state index in [2.05, 4.69) is 40.0 Å². The highest BCUT2D eigenvalue weighted by molar-refractivity contribution is 7.15. The van der Waals surface area contributed by atoms with Gasteiger partial charge in [0, 0.05) is 31.2 Å². The second-order valence-corrected chi connectivity index (χ2v) is 6.88. The van der Waals surface area contributed by atoms with Gasteiger partial charge in [0.1, 0.15) is 0 Å². The Morgan fingerprint density at radius 3 is 3.10 bits per heavy atom. The van der Waals surface area contributed by atoms with Crippen LogP contribution in [0.3, 0.4) is 0 Å². The van der Waals surface area contributed by atoms with Crippen molar-refractivity contribution in [1.82, 2.24) is 14.7 Å². The minimum absolute atomic E-state index is 0.853. The molecular weight excluding hydrogens is 280 g/mol. The number of imidazole rings is 1. The van der Waals surface area contributed by atoms with Crippen LogP contribution in [0.2, 0.25) is 0 Å². The Labute approximate surface area is 131 Å². The highest BCUT2D eigenvalue weighted by Gasteiger charge is 2.26. The second kappa shape index (κ2) is 6.79. The molecule has 2 aromatic rings. The normalized spacial score (nSPS) is 19.0. The van der Waals surface area contributed by atoms with Crippen molar-refractivity contribution in [3.8, 4) is 0 Å². The Kier molecular flexibility index (Phi) is 4.80. The van der Waals surface area contributed by atoms with Crippen LogP contribution in [0.1, 0.15) is 45.2 Å². The maximum atomic E-state index is 4.90. The van der Waals surface area contributed by atoms with Crippen LogP contribution in [0.25, 0.3) is 4.96 Å². The molecule has 3 rings (SSSR count). The topological polar surface area (TPSA) is 32.6 Å². The fraction of sp³-hybridized carbons (Fsp3) is 0.688. The van der Waals surface area contributed by atoms with Gasteiger partial charge in [-0.1, -0.05) is 20.3 Å². The van der Waals surface area contributed by atoms with Crippen LogP contribution < -0.4 is 10.2 Å². The van der Waals surface area contributed by atoms with Gasteiger partial charge in [-0.3, -0.25) is 4.40 Å². The lowest BCUT2D eigenvalue weighted by atomic mass is 10.0. The van der Waals surface area contributed by atoms with E-state index in [9.17, 15) is 0 Å². The Morgan fingerprint density at radius 2 is 2.29 bits per heavy atom. The van der Waals surface area contributed by atoms with Gasteiger partial charge in [-0.25, -0.2) is 4.98 Å². The van der Waals surface area contributed by atoms with Crippen LogP contribution in [0, 0.1) is 5.92 Å². The zero-order valence-corrected chi connectivity index (χ0v) is 14.0. The van der Waals surface area contributed by atoms with E-state index >= 15 is 0 Å². The lowest BCUT2D eigenvalue weighted by Gasteiger charge is -2.18. The number of hydrogen-bond donors (Lipinski definition) is 1. The van der Waals surface area contributed by atoms with Crippen LogP contribution in [0.5, 0.6) is 0 Å². The quantitative estimate of drug-likeness (QED) is 0.794. The molecule has 2 aromatic heterocycles. The summed E-state index contributed by atoms with van der Waals surface area (Å²) in [6.07, 6.45) is 7.28. The number of nitrogens with zero attached hydrogens (tertiary/aromatic N) is 3. The molecule has 0 spiro atoms. The molecule has 1 saturated heterocycles. The summed E-state index contributed by atoms with van der Waals surface area (Å²) in [6, 6.07) is 0. The minimum atomic E-state index is 0.853. The molecule has 0 amide bonds. The van der Waals surface area contributed by atoms with Gasteiger partial charge in [-0.2, -0.15) is 0 Å². The summed E-state index contributed by atoms with van der Waals surface area (Å²) in [5.41, 5.74) is 1.33. The molecule has 0 aromatic carbocycles. The molecule has 4 nitrogen and oxygen atoms in total. The lowest BCUT2D eigenvalue weighted by molar-refractivity contribution is 0.529. The Bertz CT molecular complexity index is 574. The van der Waals surface area contributed by atoms with Crippen LogP contribution in [-0.4, -0.2) is 29.0 Å². The minimum Gasteiger partial charge on any atom is -0.355 e. The zero-order valence-electron chi connectivity index (χ0n) is 13.1. The summed E-state index contributed by atoms with van der Waals surface area (Å²) >= 11 is 1.73. The smallest absolute Gasteiger partial charge is 0.195 e. The van der Waals surface area contributed by atoms with E-state index in [0.29, 0.717) is 0 Å². The number of thiazole rings is 1. The van der Waals surface area contributed by atoms with Crippen LogP contribution in [0.15, 0.2) is 11.6 Å². The molecule has 1 fully saturated rings. The average Bonchev–Trinajstić information content (AvgIpc) is 3.15. The molecule has 0 radical (unpaired) electrons. The third-order valence-electron chi connectivity index (χ3n) is 4.34. The zero-order chi connectivity index (χ0) is 14.7. The molecule has 3 heterocycles. The van der Waals surface area contributed by atoms with Gasteiger partial charge in [-0.05, 0) is 31.7 Å². The predicted octanol–water partition coefficient (Wildman–Crippen LogP) is 3.52. The van der Waals surface area contributed by atoms with E-state index in [0.717, 1.165) is 30.5 Å². The van der Waals surface area contributed by atoms with Crippen molar-refractivity contribution in [3.05, 3.63) is 17.3 Å². The molecule has 21 heavy (non-hydrogen) atoms. The maximum Gasteiger partial charge on any atom is 0.195 e. The number of aromatic nitrogens is 2. The van der Waals surface area contributed by atoms with Gasteiger partial charge >= 0.3 is 0 Å². The lowest BCUT2D eigenvalue weighted by Crippen LogP contribution is -2.23. The summed E-state index contributed by atoms with van der Waals surface area (Å²) in [6.45, 7) is 8.82. The molecule has 1 N–H and O–H groups in total. The van der Waals surface area contributed by atoms with Crippen molar-refractivity contribution < 1.29 is 0 Å². The van der Waals surface area contributed by atoms with Crippen LogP contribution in [-0.2, 0) is 6.54 Å². The second-order valence-electron chi connectivity index (χ2n) is 6.00. The van der Waals surface area contributed by atoms with Crippen molar-refractivity contribution in [3.63, 3.8) is 0 Å². The summed E-state index contributed by atoms with van der Waals surface area (Å²) in [7, 11) is 0. The van der Waals surface area contributed by atoms with Gasteiger partial charge in [0.15, 0.2) is 10.8 Å². The fourth-order valence-corrected chi connectivity index (χ4v) is 4.02. The van der Waals surface area contributed by atoms with Gasteiger partial charge in [0.25, 0.3) is 0 Å². The highest BCUT2D eigenvalue weighted by atomic mass is 32.1. The van der Waals surface area contributed by atoms with Crippen molar-refractivity contribution in [2.24, 2.45) is 5.92 Å². The van der Waals surface area contributed by atoms with E-state index < -0.39 is 0 Å². The molecule has 0 aliphatic carbocycles. The first-order valence-electron chi connectivity index (χ1n) is 8.23. The monoisotopic (exact) mass is 306 g/mol. The maximum absolute atomic E-state index is 4.90. The fourth-order valence-electron chi connectivity index (χ4n) is 3.29. The molecule has 5 heteroatoms. The first-order chi connectivity index (χ1) is 10.3. The third-order valence-corrected chi connectivity index (χ3v) is 5.10. The molecule has 116 valence electrons. The standard InChI is InChI=1S/C16H26N4S/c1-3-5-13-6-8-19(12-13)15-14(11-17-7-4-2)20-9-10-21-16(20)18-15/h9-10,13,17H,3-8,11-12H2,1-2H3. The van der Waals surface area contributed by atoms with Crippen molar-refractivity contribution in [2.75, 3.05) is 24.5 Å². The molecule has 0 saturated carbocycles. The van der Waals surface area contributed by atoms with Gasteiger partial charge in [0.05, 0.1) is 5.69 Å². The molecule has 1 atom stereocenters. The van der Waals surface area contributed by atoms with Crippen molar-refractivity contribution in [2.45, 2.75) is 46.1 Å². The first kappa shape index (κ1) is 14.9. The molecule has 1 aliphatic rings. The Morgan fingerprint density at radius 1 is 1.38 bits per heavy atom. The van der Waals surface area contributed by atoms with Gasteiger partial charge < -0.3 is 10.2 Å². The van der Waals surface area contributed by atoms with E-state index in [1.807, 2.05) is 0 Å². The number of hydrogen-bond acceptors (Lipinski definition) is 4. The first-order valence-corrected chi connectivity index (χ1v) is 9.11. The summed E-state index contributed by atoms with van der Waals surface area (Å²) in [5, 5.41) is 5.66. The Hall–Kier alpha value is -1.07. The number of rotatable bonds is 7. The van der Waals surface area contributed by atoms with Gasteiger partial charge in [-0.15, -0.1) is 11.3 Å². The highest BCUT2D eigenvalue weighted by Crippen LogP contribution is 2.30. The Balaban J connectivity index is 1.80. The summed E-state index contributed by atoms with van der Waals surface area (Å²) < 4.78 is 2.26. The number of nitrogens with one attached hydrogen (secondary N) is 1. The summed E-state index contributed by atoms with van der Waals surface area (Å²) in [5.74, 6) is 2.07. The van der Waals surface area contributed by atoms with E-state index in [1.165, 1.54) is 43.7 Å². The molecule has 0 bridgehead atoms. The molecule has 1 aliphatic heterocycles. The number of anilines is 1. The van der Waals surface area contributed by atoms with E-state index in [1.54, 1.807) is 11.3 Å². The molecule has 1 unspecified atom stereocenters. The predicted molar refractivity (Wildman–Crippen MR) is 90.3 cm³/mol. The van der Waals surface area contributed by atoms with Gasteiger partial charge in [0.2, 0.25) is 0 Å². The third kappa shape index (κ3) is 3.09.